The molecule has 0 aliphatic carbocycles. The predicted octanol–water partition coefficient (Wildman–Crippen LogP) is 1.75. The first kappa shape index (κ1) is 18.3. The number of nitrogens with one attached hydrogen (secondary N) is 2. The highest BCUT2D eigenvalue weighted by Crippen LogP contribution is 2.15. The van der Waals surface area contributed by atoms with Crippen molar-refractivity contribution < 1.29 is 9.59 Å². The number of carbonyl (C=O) groups is 2. The molecule has 1 fully saturated rings. The van der Waals surface area contributed by atoms with Gasteiger partial charge in [-0.3, -0.25) is 9.59 Å². The molecule has 1 aliphatic heterocycles. The Bertz CT molecular complexity index is 771. The maximum atomic E-state index is 12.2. The first-order valence-corrected chi connectivity index (χ1v) is 9.26. The first-order chi connectivity index (χ1) is 12.6. The SMILES string of the molecule is O=C(CNC(=O)c1cccc(Br)c1)NC1CCCN(c2ncccn2)C1. The largest absolute Gasteiger partial charge is 0.350 e. The van der Waals surface area contributed by atoms with Crippen LogP contribution in [0.25, 0.3) is 0 Å². The Kier molecular flexibility index (Phi) is 6.17. The highest BCUT2D eigenvalue weighted by atomic mass is 79.9. The molecule has 2 amide bonds. The third-order valence-electron chi connectivity index (χ3n) is 4.12. The van der Waals surface area contributed by atoms with Crippen LogP contribution < -0.4 is 15.5 Å². The lowest BCUT2D eigenvalue weighted by Crippen LogP contribution is -2.50. The maximum absolute atomic E-state index is 12.2. The number of carbonyl (C=O) groups excluding carboxylic acids is 2. The number of hydrogen-bond donors (Lipinski definition) is 2. The summed E-state index contributed by atoms with van der Waals surface area (Å²) in [5.41, 5.74) is 0.511. The zero-order valence-corrected chi connectivity index (χ0v) is 15.8. The summed E-state index contributed by atoms with van der Waals surface area (Å²) in [6.07, 6.45) is 5.27. The Morgan fingerprint density at radius 1 is 1.23 bits per heavy atom. The van der Waals surface area contributed by atoms with E-state index in [9.17, 15) is 9.59 Å². The van der Waals surface area contributed by atoms with Gasteiger partial charge in [0.2, 0.25) is 11.9 Å². The second kappa shape index (κ2) is 8.75. The molecule has 26 heavy (non-hydrogen) atoms. The van der Waals surface area contributed by atoms with E-state index in [0.29, 0.717) is 18.1 Å². The fourth-order valence-electron chi connectivity index (χ4n) is 2.90. The van der Waals surface area contributed by atoms with Crippen LogP contribution >= 0.6 is 15.9 Å². The molecule has 2 heterocycles. The number of halogens is 1. The highest BCUT2D eigenvalue weighted by Gasteiger charge is 2.23. The molecule has 0 spiro atoms. The average molecular weight is 418 g/mol. The summed E-state index contributed by atoms with van der Waals surface area (Å²) in [5.74, 6) is 0.202. The van der Waals surface area contributed by atoms with E-state index >= 15 is 0 Å². The minimum atomic E-state index is -0.274. The van der Waals surface area contributed by atoms with Crippen molar-refractivity contribution in [1.82, 2.24) is 20.6 Å². The van der Waals surface area contributed by atoms with Crippen molar-refractivity contribution in [2.24, 2.45) is 0 Å². The van der Waals surface area contributed by atoms with Crippen molar-refractivity contribution in [2.45, 2.75) is 18.9 Å². The molecule has 3 rings (SSSR count). The molecule has 0 bridgehead atoms. The third-order valence-corrected chi connectivity index (χ3v) is 4.61. The van der Waals surface area contributed by atoms with E-state index in [4.69, 9.17) is 0 Å². The van der Waals surface area contributed by atoms with Gasteiger partial charge in [0.1, 0.15) is 0 Å². The van der Waals surface area contributed by atoms with E-state index in [1.54, 1.807) is 36.7 Å². The van der Waals surface area contributed by atoms with Gasteiger partial charge in [0.25, 0.3) is 5.91 Å². The van der Waals surface area contributed by atoms with Crippen molar-refractivity contribution in [3.8, 4) is 0 Å². The fraction of sp³-hybridized carbons (Fsp3) is 0.333. The molecular weight excluding hydrogens is 398 g/mol. The summed E-state index contributed by atoms with van der Waals surface area (Å²) in [5, 5.41) is 5.62. The molecule has 1 unspecified atom stereocenters. The van der Waals surface area contributed by atoms with E-state index in [1.807, 2.05) is 6.07 Å². The van der Waals surface area contributed by atoms with Crippen LogP contribution in [0.5, 0.6) is 0 Å². The molecule has 0 saturated carbocycles. The maximum Gasteiger partial charge on any atom is 0.251 e. The van der Waals surface area contributed by atoms with E-state index in [-0.39, 0.29) is 24.4 Å². The molecule has 0 radical (unpaired) electrons. The Balaban J connectivity index is 1.48. The number of piperidine rings is 1. The predicted molar refractivity (Wildman–Crippen MR) is 102 cm³/mol. The summed E-state index contributed by atoms with van der Waals surface area (Å²) in [6.45, 7) is 1.48. The molecule has 2 aromatic rings. The zero-order valence-electron chi connectivity index (χ0n) is 14.2. The van der Waals surface area contributed by atoms with Crippen LogP contribution in [0.2, 0.25) is 0 Å². The standard InChI is InChI=1S/C18H20BrN5O2/c19-14-5-1-4-13(10-14)17(26)22-11-16(25)23-15-6-2-9-24(12-15)18-20-7-3-8-21-18/h1,3-5,7-8,10,15H,2,6,9,11-12H2,(H,22,26)(H,23,25). The molecule has 2 N–H and O–H groups in total. The molecule has 8 heteroatoms. The van der Waals surface area contributed by atoms with Crippen molar-refractivity contribution in [3.63, 3.8) is 0 Å². The molecular formula is C18H20BrN5O2. The smallest absolute Gasteiger partial charge is 0.251 e. The molecule has 1 saturated heterocycles. The van der Waals surface area contributed by atoms with E-state index in [2.05, 4.69) is 41.4 Å². The van der Waals surface area contributed by atoms with Gasteiger partial charge in [-0.25, -0.2) is 9.97 Å². The minimum absolute atomic E-state index is 0.0165. The molecule has 7 nitrogen and oxygen atoms in total. The van der Waals surface area contributed by atoms with Crippen molar-refractivity contribution >= 4 is 33.7 Å². The number of anilines is 1. The number of nitrogens with zero attached hydrogens (tertiary/aromatic N) is 3. The van der Waals surface area contributed by atoms with Crippen LogP contribution in [-0.4, -0.2) is 47.5 Å². The van der Waals surface area contributed by atoms with Crippen molar-refractivity contribution in [3.05, 3.63) is 52.8 Å². The Morgan fingerprint density at radius 2 is 2.04 bits per heavy atom. The molecule has 1 aliphatic rings. The Labute approximate surface area is 160 Å². The van der Waals surface area contributed by atoms with Crippen LogP contribution in [0.1, 0.15) is 23.2 Å². The molecule has 1 aromatic carbocycles. The summed E-state index contributed by atoms with van der Waals surface area (Å²) in [6, 6.07) is 8.84. The van der Waals surface area contributed by atoms with Gasteiger partial charge in [-0.2, -0.15) is 0 Å². The monoisotopic (exact) mass is 417 g/mol. The van der Waals surface area contributed by atoms with E-state index < -0.39 is 0 Å². The van der Waals surface area contributed by atoms with Gasteiger partial charge in [-0.1, -0.05) is 22.0 Å². The van der Waals surface area contributed by atoms with Gasteiger partial charge in [0.15, 0.2) is 0 Å². The van der Waals surface area contributed by atoms with Gasteiger partial charge in [0.05, 0.1) is 6.54 Å². The number of amides is 2. The van der Waals surface area contributed by atoms with Crippen LogP contribution in [0.4, 0.5) is 5.95 Å². The lowest BCUT2D eigenvalue weighted by atomic mass is 10.1. The van der Waals surface area contributed by atoms with Gasteiger partial charge >= 0.3 is 0 Å². The highest BCUT2D eigenvalue weighted by molar-refractivity contribution is 9.10. The number of hydrogen-bond acceptors (Lipinski definition) is 5. The lowest BCUT2D eigenvalue weighted by Gasteiger charge is -2.33. The average Bonchev–Trinajstić information content (AvgIpc) is 2.67. The molecule has 136 valence electrons. The number of aromatic nitrogens is 2. The zero-order chi connectivity index (χ0) is 18.4. The fourth-order valence-corrected chi connectivity index (χ4v) is 3.30. The minimum Gasteiger partial charge on any atom is -0.350 e. The molecule has 1 aromatic heterocycles. The van der Waals surface area contributed by atoms with Crippen LogP contribution in [-0.2, 0) is 4.79 Å². The summed E-state index contributed by atoms with van der Waals surface area (Å²) in [7, 11) is 0. The van der Waals surface area contributed by atoms with Crippen LogP contribution in [0, 0.1) is 0 Å². The summed E-state index contributed by atoms with van der Waals surface area (Å²) >= 11 is 3.33. The first-order valence-electron chi connectivity index (χ1n) is 8.47. The lowest BCUT2D eigenvalue weighted by molar-refractivity contribution is -0.120. The topological polar surface area (TPSA) is 87.2 Å². The third kappa shape index (κ3) is 5.01. The molecule has 1 atom stereocenters. The van der Waals surface area contributed by atoms with E-state index in [0.717, 1.165) is 23.9 Å². The second-order valence-corrected chi connectivity index (χ2v) is 7.01. The summed E-state index contributed by atoms with van der Waals surface area (Å²) in [4.78, 5) is 34.8. The van der Waals surface area contributed by atoms with Gasteiger partial charge in [-0.05, 0) is 37.1 Å². The number of rotatable bonds is 5. The quantitative estimate of drug-likeness (QED) is 0.773. The van der Waals surface area contributed by atoms with E-state index in [1.165, 1.54) is 0 Å². The van der Waals surface area contributed by atoms with Gasteiger partial charge in [0, 0.05) is 41.6 Å². The van der Waals surface area contributed by atoms with Crippen LogP contribution in [0.15, 0.2) is 47.2 Å². The van der Waals surface area contributed by atoms with Crippen molar-refractivity contribution in [1.29, 1.82) is 0 Å². The van der Waals surface area contributed by atoms with Gasteiger partial charge in [-0.15, -0.1) is 0 Å². The van der Waals surface area contributed by atoms with Gasteiger partial charge < -0.3 is 15.5 Å². The Hall–Kier alpha value is -2.48. The second-order valence-electron chi connectivity index (χ2n) is 6.09. The van der Waals surface area contributed by atoms with Crippen molar-refractivity contribution in [2.75, 3.05) is 24.5 Å². The normalized spacial score (nSPS) is 16.8. The summed E-state index contributed by atoms with van der Waals surface area (Å²) < 4.78 is 0.819. The number of benzene rings is 1. The Morgan fingerprint density at radius 3 is 2.81 bits per heavy atom. The van der Waals surface area contributed by atoms with Crippen LogP contribution in [0.3, 0.4) is 0 Å².